The van der Waals surface area contributed by atoms with Crippen molar-refractivity contribution in [3.05, 3.63) is 29.8 Å². The molecule has 0 aromatic heterocycles. The first-order chi connectivity index (χ1) is 9.61. The molecule has 1 aromatic rings. The molecule has 1 aromatic carbocycles. The van der Waals surface area contributed by atoms with Crippen molar-refractivity contribution in [2.75, 3.05) is 0 Å². The van der Waals surface area contributed by atoms with Crippen LogP contribution in [-0.4, -0.2) is 21.8 Å². The lowest BCUT2D eigenvalue weighted by atomic mass is 10.00. The van der Waals surface area contributed by atoms with E-state index >= 15 is 0 Å². The molecular formula is C16H19NO3. The largest absolute Gasteiger partial charge is 0.508 e. The third-order valence-electron chi connectivity index (χ3n) is 4.72. The molecule has 2 unspecified atom stereocenters. The Morgan fingerprint density at radius 3 is 2.30 bits per heavy atom. The van der Waals surface area contributed by atoms with E-state index in [0.717, 1.165) is 19.3 Å². The Labute approximate surface area is 118 Å². The first-order valence-electron chi connectivity index (χ1n) is 7.24. The second-order valence-corrected chi connectivity index (χ2v) is 5.85. The lowest BCUT2D eigenvalue weighted by Crippen LogP contribution is -2.31. The van der Waals surface area contributed by atoms with Crippen molar-refractivity contribution in [3.8, 4) is 5.75 Å². The van der Waals surface area contributed by atoms with Crippen molar-refractivity contribution in [2.45, 2.75) is 32.7 Å². The van der Waals surface area contributed by atoms with Gasteiger partial charge in [0, 0.05) is 5.56 Å². The number of fused-ring (bicyclic) bond motifs is 1. The number of benzene rings is 1. The Bertz CT molecular complexity index is 530. The SMILES string of the molecule is CCC1CC2C(=O)N(Cc3ccccc3O)C(=O)C2C1. The summed E-state index contributed by atoms with van der Waals surface area (Å²) < 4.78 is 0. The molecular weight excluding hydrogens is 254 g/mol. The smallest absolute Gasteiger partial charge is 0.233 e. The number of likely N-dealkylation sites (tertiary alicyclic amines) is 1. The van der Waals surface area contributed by atoms with Crippen LogP contribution in [0.1, 0.15) is 31.7 Å². The summed E-state index contributed by atoms with van der Waals surface area (Å²) in [7, 11) is 0. The Morgan fingerprint density at radius 1 is 1.15 bits per heavy atom. The number of para-hydroxylation sites is 1. The number of aromatic hydroxyl groups is 1. The van der Waals surface area contributed by atoms with Gasteiger partial charge < -0.3 is 5.11 Å². The number of imide groups is 1. The number of carbonyl (C=O) groups is 2. The van der Waals surface area contributed by atoms with Crippen LogP contribution >= 0.6 is 0 Å². The normalized spacial score (nSPS) is 29.1. The van der Waals surface area contributed by atoms with Crippen molar-refractivity contribution in [2.24, 2.45) is 17.8 Å². The zero-order valence-corrected chi connectivity index (χ0v) is 11.6. The van der Waals surface area contributed by atoms with E-state index < -0.39 is 0 Å². The number of phenols is 1. The molecule has 3 rings (SSSR count). The Balaban J connectivity index is 1.79. The molecule has 0 radical (unpaired) electrons. The van der Waals surface area contributed by atoms with Gasteiger partial charge in [-0.2, -0.15) is 0 Å². The summed E-state index contributed by atoms with van der Waals surface area (Å²) in [6.07, 6.45) is 2.71. The fourth-order valence-electron chi connectivity index (χ4n) is 3.50. The van der Waals surface area contributed by atoms with E-state index in [-0.39, 0.29) is 35.9 Å². The topological polar surface area (TPSA) is 57.6 Å². The average Bonchev–Trinajstić information content (AvgIpc) is 2.96. The van der Waals surface area contributed by atoms with E-state index in [1.807, 2.05) is 0 Å². The summed E-state index contributed by atoms with van der Waals surface area (Å²) in [4.78, 5) is 26.1. The standard InChI is InChI=1S/C16H19NO3/c1-2-10-7-12-13(8-10)16(20)17(15(12)19)9-11-5-3-4-6-14(11)18/h3-6,10,12-13,18H,2,7-9H2,1H3. The summed E-state index contributed by atoms with van der Waals surface area (Å²) in [6.45, 7) is 2.30. The maximum Gasteiger partial charge on any atom is 0.233 e. The molecule has 106 valence electrons. The van der Waals surface area contributed by atoms with Gasteiger partial charge in [-0.05, 0) is 24.8 Å². The van der Waals surface area contributed by atoms with E-state index in [2.05, 4.69) is 6.92 Å². The van der Waals surface area contributed by atoms with E-state index in [9.17, 15) is 14.7 Å². The van der Waals surface area contributed by atoms with Gasteiger partial charge in [-0.1, -0.05) is 31.5 Å². The number of phenolic OH excluding ortho intramolecular Hbond substituents is 1. The number of hydrogen-bond donors (Lipinski definition) is 1. The van der Waals surface area contributed by atoms with Crippen LogP contribution in [0.3, 0.4) is 0 Å². The molecule has 0 bridgehead atoms. The molecule has 1 heterocycles. The summed E-state index contributed by atoms with van der Waals surface area (Å²) in [6, 6.07) is 6.86. The number of amides is 2. The van der Waals surface area contributed by atoms with Gasteiger partial charge in [-0.3, -0.25) is 14.5 Å². The Kier molecular flexibility index (Phi) is 3.24. The van der Waals surface area contributed by atoms with Crippen LogP contribution in [0.2, 0.25) is 0 Å². The predicted octanol–water partition coefficient (Wildman–Crippen LogP) is 2.31. The second kappa shape index (κ2) is 4.93. The fourth-order valence-corrected chi connectivity index (χ4v) is 3.50. The molecule has 2 fully saturated rings. The molecule has 2 atom stereocenters. The molecule has 1 aliphatic carbocycles. The zero-order valence-electron chi connectivity index (χ0n) is 11.6. The van der Waals surface area contributed by atoms with Crippen molar-refractivity contribution >= 4 is 11.8 Å². The van der Waals surface area contributed by atoms with Crippen molar-refractivity contribution < 1.29 is 14.7 Å². The van der Waals surface area contributed by atoms with Crippen LogP contribution in [0.5, 0.6) is 5.75 Å². The van der Waals surface area contributed by atoms with Gasteiger partial charge in [-0.15, -0.1) is 0 Å². The summed E-state index contributed by atoms with van der Waals surface area (Å²) in [5, 5.41) is 9.78. The van der Waals surface area contributed by atoms with E-state index in [1.165, 1.54) is 4.90 Å². The molecule has 2 amide bonds. The highest BCUT2D eigenvalue weighted by atomic mass is 16.3. The third-order valence-corrected chi connectivity index (χ3v) is 4.72. The molecule has 1 aliphatic heterocycles. The van der Waals surface area contributed by atoms with E-state index in [1.54, 1.807) is 24.3 Å². The van der Waals surface area contributed by atoms with Gasteiger partial charge in [0.25, 0.3) is 0 Å². The van der Waals surface area contributed by atoms with Gasteiger partial charge in [-0.25, -0.2) is 0 Å². The Hall–Kier alpha value is -1.84. The Morgan fingerprint density at radius 2 is 1.75 bits per heavy atom. The summed E-state index contributed by atoms with van der Waals surface area (Å²) >= 11 is 0. The maximum absolute atomic E-state index is 12.4. The lowest BCUT2D eigenvalue weighted by molar-refractivity contribution is -0.141. The van der Waals surface area contributed by atoms with Crippen LogP contribution in [0.15, 0.2) is 24.3 Å². The van der Waals surface area contributed by atoms with Gasteiger partial charge >= 0.3 is 0 Å². The van der Waals surface area contributed by atoms with Gasteiger partial charge in [0.15, 0.2) is 0 Å². The third kappa shape index (κ3) is 1.99. The van der Waals surface area contributed by atoms with Crippen molar-refractivity contribution in [3.63, 3.8) is 0 Å². The minimum Gasteiger partial charge on any atom is -0.508 e. The maximum atomic E-state index is 12.4. The van der Waals surface area contributed by atoms with Crippen LogP contribution in [0, 0.1) is 17.8 Å². The average molecular weight is 273 g/mol. The molecule has 4 nitrogen and oxygen atoms in total. The van der Waals surface area contributed by atoms with E-state index in [0.29, 0.717) is 11.5 Å². The van der Waals surface area contributed by atoms with Crippen LogP contribution < -0.4 is 0 Å². The highest BCUT2D eigenvalue weighted by Gasteiger charge is 2.52. The number of rotatable bonds is 3. The van der Waals surface area contributed by atoms with Gasteiger partial charge in [0.05, 0.1) is 18.4 Å². The summed E-state index contributed by atoms with van der Waals surface area (Å²) in [5.74, 6) is 0.275. The zero-order chi connectivity index (χ0) is 14.3. The minimum atomic E-state index is -0.127. The molecule has 20 heavy (non-hydrogen) atoms. The molecule has 4 heteroatoms. The van der Waals surface area contributed by atoms with Crippen molar-refractivity contribution in [1.82, 2.24) is 4.90 Å². The summed E-state index contributed by atoms with van der Waals surface area (Å²) in [5.41, 5.74) is 0.626. The quantitative estimate of drug-likeness (QED) is 0.860. The molecule has 1 N–H and O–H groups in total. The molecule has 1 saturated carbocycles. The second-order valence-electron chi connectivity index (χ2n) is 5.85. The number of carbonyl (C=O) groups excluding carboxylic acids is 2. The molecule has 0 spiro atoms. The first-order valence-corrected chi connectivity index (χ1v) is 7.24. The van der Waals surface area contributed by atoms with Crippen LogP contribution in [-0.2, 0) is 16.1 Å². The van der Waals surface area contributed by atoms with Gasteiger partial charge in [0.2, 0.25) is 11.8 Å². The minimum absolute atomic E-state index is 0.0563. The lowest BCUT2D eigenvalue weighted by Gasteiger charge is -2.18. The first kappa shape index (κ1) is 13.2. The van der Waals surface area contributed by atoms with Crippen LogP contribution in [0.25, 0.3) is 0 Å². The fraction of sp³-hybridized carbons (Fsp3) is 0.500. The van der Waals surface area contributed by atoms with E-state index in [4.69, 9.17) is 0 Å². The van der Waals surface area contributed by atoms with Gasteiger partial charge in [0.1, 0.15) is 5.75 Å². The monoisotopic (exact) mass is 273 g/mol. The highest BCUT2D eigenvalue weighted by Crippen LogP contribution is 2.44. The number of hydrogen-bond acceptors (Lipinski definition) is 3. The molecule has 1 saturated heterocycles. The molecule has 2 aliphatic rings. The van der Waals surface area contributed by atoms with Crippen molar-refractivity contribution in [1.29, 1.82) is 0 Å². The number of nitrogens with zero attached hydrogens (tertiary/aromatic N) is 1. The van der Waals surface area contributed by atoms with Crippen LogP contribution in [0.4, 0.5) is 0 Å². The highest BCUT2D eigenvalue weighted by molar-refractivity contribution is 6.05. The predicted molar refractivity (Wildman–Crippen MR) is 73.7 cm³/mol.